The van der Waals surface area contributed by atoms with Gasteiger partial charge in [-0.2, -0.15) is 9.97 Å². The number of hydrogen-bond donors (Lipinski definition) is 1. The molecule has 0 saturated heterocycles. The Morgan fingerprint density at radius 2 is 1.94 bits per heavy atom. The van der Waals surface area contributed by atoms with Crippen molar-refractivity contribution in [3.8, 4) is 23.0 Å². The van der Waals surface area contributed by atoms with E-state index >= 15 is 0 Å². The smallest absolute Gasteiger partial charge is 0.324 e. The Morgan fingerprint density at radius 1 is 1.09 bits per heavy atom. The highest BCUT2D eigenvalue weighted by Crippen LogP contribution is 2.29. The van der Waals surface area contributed by atoms with Gasteiger partial charge in [0.25, 0.3) is 0 Å². The molecule has 0 saturated carbocycles. The van der Waals surface area contributed by atoms with E-state index in [2.05, 4.69) is 20.3 Å². The van der Waals surface area contributed by atoms with Crippen LogP contribution in [0.4, 0.5) is 10.2 Å². The summed E-state index contributed by atoms with van der Waals surface area (Å²) < 4.78 is 21.5. The van der Waals surface area contributed by atoms with E-state index in [-0.39, 0.29) is 17.3 Å². The van der Waals surface area contributed by atoms with E-state index in [1.54, 1.807) is 50.6 Å². The van der Waals surface area contributed by atoms with Gasteiger partial charge in [0.15, 0.2) is 11.6 Å². The molecule has 0 unspecified atom stereocenters. The van der Waals surface area contributed by atoms with Crippen molar-refractivity contribution in [1.29, 1.82) is 0 Å². The summed E-state index contributed by atoms with van der Waals surface area (Å²) in [6.45, 7) is 4.16. The van der Waals surface area contributed by atoms with E-state index < -0.39 is 5.82 Å². The van der Waals surface area contributed by atoms with E-state index in [4.69, 9.17) is 4.74 Å². The van der Waals surface area contributed by atoms with Crippen LogP contribution < -0.4 is 15.6 Å². The van der Waals surface area contributed by atoms with Gasteiger partial charge in [-0.3, -0.25) is 9.78 Å². The maximum Gasteiger partial charge on any atom is 0.324 e. The van der Waals surface area contributed by atoms with Crippen molar-refractivity contribution in [2.24, 2.45) is 7.05 Å². The molecule has 4 aromatic rings. The molecule has 0 spiro atoms. The summed E-state index contributed by atoms with van der Waals surface area (Å²) in [4.78, 5) is 24.9. The highest BCUT2D eigenvalue weighted by molar-refractivity contribution is 5.62. The number of anilines is 1. The lowest BCUT2D eigenvalue weighted by atomic mass is 10.2. The Kier molecular flexibility index (Phi) is 5.93. The van der Waals surface area contributed by atoms with Gasteiger partial charge < -0.3 is 14.6 Å². The van der Waals surface area contributed by atoms with Gasteiger partial charge in [-0.05, 0) is 43.2 Å². The summed E-state index contributed by atoms with van der Waals surface area (Å²) in [6, 6.07) is 13.5. The molecule has 0 aliphatic heterocycles. The van der Waals surface area contributed by atoms with Crippen LogP contribution in [-0.2, 0) is 13.6 Å². The van der Waals surface area contributed by atoms with Crippen molar-refractivity contribution in [3.05, 3.63) is 93.9 Å². The van der Waals surface area contributed by atoms with Gasteiger partial charge in [-0.1, -0.05) is 18.2 Å². The predicted octanol–water partition coefficient (Wildman–Crippen LogP) is 4.40. The van der Waals surface area contributed by atoms with Crippen LogP contribution in [0.1, 0.15) is 16.8 Å². The quantitative estimate of drug-likeness (QED) is 0.487. The molecule has 1 aromatic carbocycles. The summed E-state index contributed by atoms with van der Waals surface area (Å²) in [5.74, 6) is 0.0635. The molecule has 162 valence electrons. The summed E-state index contributed by atoms with van der Waals surface area (Å²) in [5, 5.41) is 3.24. The van der Waals surface area contributed by atoms with Gasteiger partial charge >= 0.3 is 6.01 Å². The maximum absolute atomic E-state index is 14.3. The molecule has 7 nitrogen and oxygen atoms in total. The summed E-state index contributed by atoms with van der Waals surface area (Å²) in [7, 11) is 1.66. The number of nitrogens with one attached hydrogen (secondary N) is 1. The van der Waals surface area contributed by atoms with Crippen LogP contribution in [0.3, 0.4) is 0 Å². The van der Waals surface area contributed by atoms with E-state index in [0.29, 0.717) is 29.2 Å². The number of nitrogens with zero attached hydrogens (tertiary/aromatic N) is 4. The van der Waals surface area contributed by atoms with Crippen molar-refractivity contribution in [3.63, 3.8) is 0 Å². The third-order valence-electron chi connectivity index (χ3n) is 4.89. The highest BCUT2D eigenvalue weighted by Gasteiger charge is 2.13. The van der Waals surface area contributed by atoms with Crippen molar-refractivity contribution in [1.82, 2.24) is 19.5 Å². The SMILES string of the molecule is Cc1ccc(CNc2cc(-c3ccc(=O)n(C)c3)nc(Oc3c(C)cccc3F)n2)cn1. The van der Waals surface area contributed by atoms with Crippen LogP contribution in [0, 0.1) is 19.7 Å². The van der Waals surface area contributed by atoms with Crippen LogP contribution >= 0.6 is 0 Å². The molecule has 1 N–H and O–H groups in total. The van der Waals surface area contributed by atoms with Crippen LogP contribution in [0.15, 0.2) is 65.7 Å². The number of benzene rings is 1. The first kappa shape index (κ1) is 21.2. The standard InChI is InChI=1S/C24H22FN5O2/c1-15-5-4-6-19(25)23(15)32-24-28-20(18-9-10-22(31)30(3)14-18)11-21(29-24)27-13-17-8-7-16(2)26-12-17/h4-12,14H,13H2,1-3H3,(H,27,28,29). The fraction of sp³-hybridized carbons (Fsp3) is 0.167. The first-order valence-corrected chi connectivity index (χ1v) is 10.0. The van der Waals surface area contributed by atoms with Crippen LogP contribution in [0.2, 0.25) is 0 Å². The Bertz CT molecular complexity index is 1300. The molecule has 0 amide bonds. The van der Waals surface area contributed by atoms with E-state index in [9.17, 15) is 9.18 Å². The topological polar surface area (TPSA) is 81.9 Å². The zero-order chi connectivity index (χ0) is 22.7. The van der Waals surface area contributed by atoms with Crippen molar-refractivity contribution < 1.29 is 9.13 Å². The normalized spacial score (nSPS) is 10.8. The van der Waals surface area contributed by atoms with Crippen molar-refractivity contribution in [2.45, 2.75) is 20.4 Å². The molecule has 3 aromatic heterocycles. The zero-order valence-corrected chi connectivity index (χ0v) is 18.0. The second-order valence-electron chi connectivity index (χ2n) is 7.44. The predicted molar refractivity (Wildman–Crippen MR) is 120 cm³/mol. The fourth-order valence-corrected chi connectivity index (χ4v) is 3.09. The lowest BCUT2D eigenvalue weighted by Gasteiger charge is -2.13. The number of aromatic nitrogens is 4. The second-order valence-corrected chi connectivity index (χ2v) is 7.44. The molecule has 0 aliphatic rings. The Morgan fingerprint density at radius 3 is 2.66 bits per heavy atom. The van der Waals surface area contributed by atoms with E-state index in [0.717, 1.165) is 11.3 Å². The van der Waals surface area contributed by atoms with Gasteiger partial charge in [0.05, 0.1) is 5.69 Å². The maximum atomic E-state index is 14.3. The molecule has 0 fully saturated rings. The monoisotopic (exact) mass is 431 g/mol. The van der Waals surface area contributed by atoms with Gasteiger partial charge in [-0.15, -0.1) is 0 Å². The molecule has 4 rings (SSSR count). The van der Waals surface area contributed by atoms with Gasteiger partial charge in [-0.25, -0.2) is 4.39 Å². The lowest BCUT2D eigenvalue weighted by Crippen LogP contribution is -2.14. The highest BCUT2D eigenvalue weighted by atomic mass is 19.1. The van der Waals surface area contributed by atoms with Crippen molar-refractivity contribution in [2.75, 3.05) is 5.32 Å². The first-order chi connectivity index (χ1) is 15.4. The first-order valence-electron chi connectivity index (χ1n) is 10.0. The van der Waals surface area contributed by atoms with Crippen LogP contribution in [-0.4, -0.2) is 19.5 Å². The molecule has 0 aliphatic carbocycles. The number of ether oxygens (including phenoxy) is 1. The molecular formula is C24H22FN5O2. The third kappa shape index (κ3) is 4.80. The van der Waals surface area contributed by atoms with Crippen molar-refractivity contribution >= 4 is 5.82 Å². The minimum atomic E-state index is -0.499. The average molecular weight is 431 g/mol. The Balaban J connectivity index is 1.71. The summed E-state index contributed by atoms with van der Waals surface area (Å²) in [5.41, 5.74) is 3.63. The zero-order valence-electron chi connectivity index (χ0n) is 18.0. The van der Waals surface area contributed by atoms with Crippen LogP contribution in [0.25, 0.3) is 11.3 Å². The number of pyridine rings is 2. The molecule has 32 heavy (non-hydrogen) atoms. The van der Waals surface area contributed by atoms with Gasteiger partial charge in [0.1, 0.15) is 5.82 Å². The number of halogens is 1. The summed E-state index contributed by atoms with van der Waals surface area (Å²) >= 11 is 0. The molecule has 0 atom stereocenters. The Labute approximate surface area is 184 Å². The minimum absolute atomic E-state index is 0.00548. The number of aryl methyl sites for hydroxylation is 3. The molecule has 0 radical (unpaired) electrons. The molecule has 0 bridgehead atoms. The Hall–Kier alpha value is -4.07. The molecule has 3 heterocycles. The third-order valence-corrected chi connectivity index (χ3v) is 4.89. The van der Waals surface area contributed by atoms with Gasteiger partial charge in [0.2, 0.25) is 5.56 Å². The minimum Gasteiger partial charge on any atom is -0.421 e. The van der Waals surface area contributed by atoms with E-state index in [1.165, 1.54) is 16.7 Å². The average Bonchev–Trinajstić information content (AvgIpc) is 2.78. The van der Waals surface area contributed by atoms with E-state index in [1.807, 2.05) is 19.1 Å². The number of hydrogen-bond acceptors (Lipinski definition) is 6. The molecule has 8 heteroatoms. The number of para-hydroxylation sites is 1. The molecular weight excluding hydrogens is 409 g/mol. The second kappa shape index (κ2) is 8.97. The van der Waals surface area contributed by atoms with Gasteiger partial charge in [0, 0.05) is 49.4 Å². The number of rotatable bonds is 6. The largest absolute Gasteiger partial charge is 0.421 e. The van der Waals surface area contributed by atoms with Crippen LogP contribution in [0.5, 0.6) is 11.8 Å². The summed E-state index contributed by atoms with van der Waals surface area (Å²) in [6.07, 6.45) is 3.47. The fourth-order valence-electron chi connectivity index (χ4n) is 3.09. The lowest BCUT2D eigenvalue weighted by molar-refractivity contribution is 0.409.